The minimum Gasteiger partial charge on any atom is 0 e. The van der Waals surface area contributed by atoms with Gasteiger partial charge in [-0.2, -0.15) is 37.0 Å². The second kappa shape index (κ2) is 23.4. The van der Waals surface area contributed by atoms with Crippen LogP contribution in [-0.2, 0) is 59.8 Å². The molecule has 0 amide bonds. The third-order valence-corrected chi connectivity index (χ3v) is 15.9. The molecule has 0 bridgehead atoms. The van der Waals surface area contributed by atoms with Crippen LogP contribution in [0.25, 0.3) is 83.0 Å². The number of benzene rings is 6. The van der Waals surface area contributed by atoms with Crippen LogP contribution in [0.1, 0.15) is 61.3 Å². The number of anilines is 3. The average Bonchev–Trinajstić information content (AvgIpc) is 4.42. The first kappa shape index (κ1) is 52.8. The molecule has 1 aliphatic heterocycles. The predicted molar refractivity (Wildman–Crippen MR) is 310 cm³/mol. The number of rotatable bonds is 16. The molecule has 0 radical (unpaired) electrons. The Bertz CT molecular complexity index is 4340. The summed E-state index contributed by atoms with van der Waals surface area (Å²) in [5, 5.41) is 21.3. The first-order chi connectivity index (χ1) is 38.9. The number of aromatic nitrogens is 8. The minimum absolute atomic E-state index is 0. The smallest absolute Gasteiger partial charge is 0 e. The number of fused-ring (bicyclic) bond motifs is 8. The van der Waals surface area contributed by atoms with E-state index in [9.17, 15) is 0 Å². The van der Waals surface area contributed by atoms with E-state index >= 15 is 0 Å². The van der Waals surface area contributed by atoms with E-state index in [4.69, 9.17) is 18.8 Å². The number of nitrogens with zero attached hydrogens (tertiary/aromatic N) is 10. The Balaban J connectivity index is 0.000000157. The Kier molecular flexibility index (Phi) is 15.5. The molecule has 0 unspecified atom stereocenters. The van der Waals surface area contributed by atoms with Gasteiger partial charge in [0, 0.05) is 54.9 Å². The van der Waals surface area contributed by atoms with Gasteiger partial charge in [-0.3, -0.25) is 0 Å². The van der Waals surface area contributed by atoms with Gasteiger partial charge in [-0.1, -0.05) is 55.8 Å². The number of pyridine rings is 2. The fraction of sp³-hybridized carbons (Fsp3) is 0.182. The molecule has 0 N–H and O–H groups in total. The molecular formula is C66H55N10O2Pt2-5. The number of hydrogen-bond acceptors (Lipinski definition) is 8. The van der Waals surface area contributed by atoms with Crippen LogP contribution in [0.2, 0.25) is 0 Å². The molecule has 0 fully saturated rings. The van der Waals surface area contributed by atoms with Gasteiger partial charge in [-0.25, -0.2) is 4.98 Å². The van der Waals surface area contributed by atoms with Crippen molar-refractivity contribution in [2.75, 3.05) is 16.3 Å². The van der Waals surface area contributed by atoms with Gasteiger partial charge in [0.1, 0.15) is 17.0 Å². The molecule has 13 aromatic rings. The summed E-state index contributed by atoms with van der Waals surface area (Å²) >= 11 is 2.43. The molecule has 0 saturated carbocycles. The van der Waals surface area contributed by atoms with Crippen molar-refractivity contribution in [2.45, 2.75) is 71.8 Å². The molecule has 80 heavy (non-hydrogen) atoms. The van der Waals surface area contributed by atoms with Crippen LogP contribution in [0, 0.1) is 36.5 Å². The van der Waals surface area contributed by atoms with E-state index in [1.807, 2.05) is 86.9 Å². The minimum atomic E-state index is 0. The van der Waals surface area contributed by atoms with Gasteiger partial charge in [0.05, 0.1) is 5.69 Å². The summed E-state index contributed by atoms with van der Waals surface area (Å²) < 4.78 is 18.4. The Labute approximate surface area is 489 Å². The van der Waals surface area contributed by atoms with Crippen LogP contribution in [0.5, 0.6) is 0 Å². The number of para-hydroxylation sites is 6. The van der Waals surface area contributed by atoms with Gasteiger partial charge < -0.3 is 24.4 Å². The van der Waals surface area contributed by atoms with E-state index in [2.05, 4.69) is 175 Å². The maximum atomic E-state index is 6.35. The van der Waals surface area contributed by atoms with Crippen molar-refractivity contribution in [1.29, 1.82) is 0 Å². The molecule has 0 spiro atoms. The number of imidazole rings is 1. The van der Waals surface area contributed by atoms with E-state index in [1.165, 1.54) is 0 Å². The number of hydrogen-bond donors (Lipinski definition) is 0. The number of aryl methyl sites for hydroxylation is 5. The molecule has 14 rings (SSSR count). The molecule has 12 nitrogen and oxygen atoms in total. The largest absolute Gasteiger partial charge is 0 e. The van der Waals surface area contributed by atoms with E-state index < -0.39 is 0 Å². The first-order valence-electron chi connectivity index (χ1n) is 27.1. The van der Waals surface area contributed by atoms with Crippen molar-refractivity contribution >= 4 is 72.2 Å². The van der Waals surface area contributed by atoms with Crippen molar-refractivity contribution < 1.29 is 49.3 Å². The fourth-order valence-electron chi connectivity index (χ4n) is 10.9. The van der Waals surface area contributed by atoms with Crippen molar-refractivity contribution in [1.82, 2.24) is 39.5 Å². The van der Waals surface area contributed by atoms with Gasteiger partial charge in [-0.05, 0) is 37.9 Å². The zero-order chi connectivity index (χ0) is 53.2. The standard InChI is InChI=1S/C33H28N5O.C33H27N5O.2Pt/c2*1-23-19-25(36-35-23)11-4-3-9-18-37-22-38(26-12-5-2-6-13-26)33-30(37)20-24(21-34-33)27-15-10-16-29-28-14-7-8-17-31(28)39-32(27)29;;/h2,5-8,10,12,14-17,19-22H,3-4,9,11,18H2,1H3;2,5-8,10,12,14-17,19-21H,3-4,9,11,18H2,1H3;;/q-3;-2;;. The van der Waals surface area contributed by atoms with E-state index in [1.54, 1.807) is 0 Å². The van der Waals surface area contributed by atoms with Gasteiger partial charge in [0.2, 0.25) is 0 Å². The van der Waals surface area contributed by atoms with Crippen molar-refractivity contribution in [3.63, 3.8) is 0 Å². The maximum absolute atomic E-state index is 6.35. The number of furan rings is 2. The quantitative estimate of drug-likeness (QED) is 0.0682. The summed E-state index contributed by atoms with van der Waals surface area (Å²) in [6, 6.07) is 60.6. The summed E-state index contributed by atoms with van der Waals surface area (Å²) in [6.45, 7) is 7.94. The van der Waals surface area contributed by atoms with Crippen LogP contribution in [0.3, 0.4) is 0 Å². The van der Waals surface area contributed by atoms with Crippen LogP contribution in [0.4, 0.5) is 17.2 Å². The van der Waals surface area contributed by atoms with Crippen LogP contribution >= 0.6 is 0 Å². The molecule has 7 aromatic heterocycles. The van der Waals surface area contributed by atoms with E-state index in [0.29, 0.717) is 0 Å². The molecule has 6 aromatic carbocycles. The third kappa shape index (κ3) is 10.5. The Hall–Kier alpha value is -7.91. The van der Waals surface area contributed by atoms with Crippen LogP contribution in [0.15, 0.2) is 179 Å². The van der Waals surface area contributed by atoms with Crippen molar-refractivity contribution in [3.8, 4) is 27.9 Å². The maximum Gasteiger partial charge on any atom is 0 e. The second-order valence-electron chi connectivity index (χ2n) is 20.2. The first-order valence-corrected chi connectivity index (χ1v) is 28.2. The second-order valence-corrected chi connectivity index (χ2v) is 21.2. The third-order valence-electron chi connectivity index (χ3n) is 14.8. The molecular weight excluding hydrogens is 1350 g/mol. The summed E-state index contributed by atoms with van der Waals surface area (Å²) in [5.41, 5.74) is 17.0. The fourth-order valence-corrected chi connectivity index (χ4v) is 12.0. The average molecular weight is 1410 g/mol. The van der Waals surface area contributed by atoms with Gasteiger partial charge in [0.15, 0.2) is 0 Å². The monoisotopic (exact) mass is 1410 g/mol. The summed E-state index contributed by atoms with van der Waals surface area (Å²) in [6.07, 6.45) is 12.4. The van der Waals surface area contributed by atoms with Crippen molar-refractivity contribution in [3.05, 3.63) is 216 Å². The Morgan fingerprint density at radius 2 is 1.11 bits per heavy atom. The molecule has 8 heterocycles. The van der Waals surface area contributed by atoms with Gasteiger partial charge >= 0.3 is 243 Å². The normalized spacial score (nSPS) is 12.2. The molecule has 406 valence electrons. The molecule has 14 heteroatoms. The summed E-state index contributed by atoms with van der Waals surface area (Å²) in [7, 11) is 0. The van der Waals surface area contributed by atoms with E-state index in [0.717, 1.165) is 191 Å². The molecule has 0 atom stereocenters. The van der Waals surface area contributed by atoms with E-state index in [-0.39, 0.29) is 21.1 Å². The van der Waals surface area contributed by atoms with Crippen LogP contribution < -0.4 is 20.0 Å². The molecule has 1 aliphatic rings. The van der Waals surface area contributed by atoms with Crippen molar-refractivity contribution in [2.24, 2.45) is 0 Å². The van der Waals surface area contributed by atoms with Gasteiger partial charge in [-0.15, -0.1) is 11.4 Å². The summed E-state index contributed by atoms with van der Waals surface area (Å²) in [4.78, 5) is 14.4. The topological polar surface area (TPSA) is 122 Å². The molecule has 0 saturated heterocycles. The zero-order valence-corrected chi connectivity index (χ0v) is 48.8. The van der Waals surface area contributed by atoms with Crippen LogP contribution in [-0.4, -0.2) is 35.8 Å². The zero-order valence-electron chi connectivity index (χ0n) is 44.2. The summed E-state index contributed by atoms with van der Waals surface area (Å²) in [5.74, 6) is 0.917. The Morgan fingerprint density at radius 1 is 0.562 bits per heavy atom. The predicted octanol–water partition coefficient (Wildman–Crippen LogP) is 14.9. The van der Waals surface area contributed by atoms with Gasteiger partial charge in [0.25, 0.3) is 0 Å². The SMILES string of the molecule is Cc1cc(CCCCCN2[CH-]N(c3[c-]cccc3)c3ncc(-c4cccc5c4oc4ccccc45)cc32)n[n-]1.Cc1cc(CCCCCn2[c](=[Pt])n(-c3[c-]cccc3)c3ncc(-c4cccc5c4oc4ccccc45)cc32)n[n-]1.[Pt]. The Morgan fingerprint density at radius 3 is 1.70 bits per heavy atom. The molecule has 0 aliphatic carbocycles. The number of unbranched alkanes of at least 4 members (excludes halogenated alkanes) is 4.